The normalized spacial score (nSPS) is 10.5. The first-order valence-corrected chi connectivity index (χ1v) is 6.07. The van der Waals surface area contributed by atoms with Crippen molar-refractivity contribution in [3.8, 4) is 5.75 Å². The van der Waals surface area contributed by atoms with Crippen molar-refractivity contribution in [1.82, 2.24) is 4.57 Å². The Morgan fingerprint density at radius 3 is 2.79 bits per heavy atom. The Kier molecular flexibility index (Phi) is 3.55. The highest BCUT2D eigenvalue weighted by Crippen LogP contribution is 2.27. The number of nitrogens with zero attached hydrogens (tertiary/aromatic N) is 2. The molecular formula is C14H18N3O2+. The summed E-state index contributed by atoms with van der Waals surface area (Å²) in [6.45, 7) is 3.86. The number of nitrogens with one attached hydrogen (secondary N) is 1. The van der Waals surface area contributed by atoms with Crippen LogP contribution < -0.4 is 9.88 Å². The average molecular weight is 260 g/mol. The predicted octanol–water partition coefficient (Wildman–Crippen LogP) is 1.27. The fourth-order valence-electron chi connectivity index (χ4n) is 1.92. The van der Waals surface area contributed by atoms with Crippen LogP contribution in [0.5, 0.6) is 5.75 Å². The van der Waals surface area contributed by atoms with Crippen molar-refractivity contribution in [1.29, 1.82) is 0 Å². The zero-order valence-corrected chi connectivity index (χ0v) is 11.3. The minimum absolute atomic E-state index is 0.123. The SMILES string of the molecule is Cc1ccc(NC(=O)Cn2cc[n+](C)c2)c(C)c1O. The predicted molar refractivity (Wildman–Crippen MR) is 71.8 cm³/mol. The summed E-state index contributed by atoms with van der Waals surface area (Å²) >= 11 is 0. The molecule has 1 amide bonds. The fourth-order valence-corrected chi connectivity index (χ4v) is 1.92. The van der Waals surface area contributed by atoms with Crippen molar-refractivity contribution < 1.29 is 14.5 Å². The third-order valence-corrected chi connectivity index (χ3v) is 3.06. The molecule has 0 aliphatic heterocycles. The summed E-state index contributed by atoms with van der Waals surface area (Å²) in [5, 5.41) is 12.6. The van der Waals surface area contributed by atoms with Gasteiger partial charge in [-0.3, -0.25) is 4.79 Å². The maximum Gasteiger partial charge on any atom is 0.266 e. The average Bonchev–Trinajstić information content (AvgIpc) is 2.75. The van der Waals surface area contributed by atoms with E-state index in [1.807, 2.05) is 37.3 Å². The van der Waals surface area contributed by atoms with Crippen LogP contribution in [-0.4, -0.2) is 15.6 Å². The molecule has 0 atom stereocenters. The van der Waals surface area contributed by atoms with E-state index < -0.39 is 0 Å². The van der Waals surface area contributed by atoms with Crippen LogP contribution in [0.15, 0.2) is 30.9 Å². The minimum Gasteiger partial charge on any atom is -0.507 e. The van der Waals surface area contributed by atoms with Crippen molar-refractivity contribution in [3.05, 3.63) is 42.0 Å². The first kappa shape index (κ1) is 13.1. The fraction of sp³-hybridized carbons (Fsp3) is 0.286. The van der Waals surface area contributed by atoms with Crippen LogP contribution in [0, 0.1) is 13.8 Å². The smallest absolute Gasteiger partial charge is 0.266 e. The molecule has 2 rings (SSSR count). The molecule has 0 aliphatic carbocycles. The largest absolute Gasteiger partial charge is 0.507 e. The zero-order valence-electron chi connectivity index (χ0n) is 11.3. The number of carbonyl (C=O) groups is 1. The molecule has 0 aliphatic rings. The molecule has 0 bridgehead atoms. The van der Waals surface area contributed by atoms with Gasteiger partial charge in [-0.2, -0.15) is 0 Å². The highest BCUT2D eigenvalue weighted by Gasteiger charge is 2.11. The summed E-state index contributed by atoms with van der Waals surface area (Å²) in [5.74, 6) is 0.104. The number of amides is 1. The van der Waals surface area contributed by atoms with Gasteiger partial charge in [0.05, 0.1) is 7.05 Å². The molecule has 2 N–H and O–H groups in total. The Bertz CT molecular complexity index is 617. The number of hydrogen-bond donors (Lipinski definition) is 2. The number of imidazole rings is 1. The van der Waals surface area contributed by atoms with Gasteiger partial charge in [0.15, 0.2) is 6.54 Å². The van der Waals surface area contributed by atoms with Gasteiger partial charge in [-0.1, -0.05) is 6.07 Å². The van der Waals surface area contributed by atoms with E-state index in [2.05, 4.69) is 5.32 Å². The van der Waals surface area contributed by atoms with Crippen molar-refractivity contribution in [2.45, 2.75) is 20.4 Å². The number of aromatic nitrogens is 2. The zero-order chi connectivity index (χ0) is 14.0. The van der Waals surface area contributed by atoms with Crippen molar-refractivity contribution in [3.63, 3.8) is 0 Å². The van der Waals surface area contributed by atoms with Gasteiger partial charge in [0, 0.05) is 11.3 Å². The topological polar surface area (TPSA) is 58.1 Å². The summed E-state index contributed by atoms with van der Waals surface area (Å²) in [6, 6.07) is 3.59. The maximum absolute atomic E-state index is 11.9. The van der Waals surface area contributed by atoms with E-state index in [9.17, 15) is 9.90 Å². The van der Waals surface area contributed by atoms with Crippen LogP contribution in [0.25, 0.3) is 0 Å². The van der Waals surface area contributed by atoms with E-state index >= 15 is 0 Å². The number of phenols is 1. The first-order chi connectivity index (χ1) is 8.97. The molecule has 1 heterocycles. The Hall–Kier alpha value is -2.30. The van der Waals surface area contributed by atoms with Crippen LogP contribution >= 0.6 is 0 Å². The molecule has 0 saturated heterocycles. The number of benzene rings is 1. The first-order valence-electron chi connectivity index (χ1n) is 6.07. The lowest BCUT2D eigenvalue weighted by molar-refractivity contribution is -0.671. The highest BCUT2D eigenvalue weighted by molar-refractivity contribution is 5.91. The monoisotopic (exact) mass is 260 g/mol. The van der Waals surface area contributed by atoms with Crippen molar-refractivity contribution in [2.24, 2.45) is 7.05 Å². The Morgan fingerprint density at radius 2 is 2.16 bits per heavy atom. The molecule has 5 nitrogen and oxygen atoms in total. The molecule has 1 aromatic heterocycles. The summed E-state index contributed by atoms with van der Waals surface area (Å²) in [4.78, 5) is 11.9. The number of anilines is 1. The summed E-state index contributed by atoms with van der Waals surface area (Å²) < 4.78 is 3.66. The molecule has 1 aromatic carbocycles. The van der Waals surface area contributed by atoms with Crippen LogP contribution in [0.2, 0.25) is 0 Å². The van der Waals surface area contributed by atoms with Crippen molar-refractivity contribution >= 4 is 11.6 Å². The van der Waals surface area contributed by atoms with E-state index in [1.54, 1.807) is 23.6 Å². The molecule has 0 radical (unpaired) electrons. The molecule has 100 valence electrons. The van der Waals surface area contributed by atoms with Gasteiger partial charge < -0.3 is 10.4 Å². The van der Waals surface area contributed by atoms with E-state index in [0.717, 1.165) is 5.56 Å². The Labute approximate surface area is 112 Å². The minimum atomic E-state index is -0.123. The molecule has 0 spiro atoms. The number of phenolic OH excluding ortho intramolecular Hbond substituents is 1. The third-order valence-electron chi connectivity index (χ3n) is 3.06. The number of hydrogen-bond acceptors (Lipinski definition) is 2. The molecule has 0 fully saturated rings. The quantitative estimate of drug-likeness (QED) is 0.817. The van der Waals surface area contributed by atoms with Gasteiger partial charge in [0.2, 0.25) is 6.33 Å². The summed E-state index contributed by atoms with van der Waals surface area (Å²) in [5.41, 5.74) is 2.13. The molecule has 2 aromatic rings. The molecule has 5 heteroatoms. The van der Waals surface area contributed by atoms with Gasteiger partial charge >= 0.3 is 0 Å². The van der Waals surface area contributed by atoms with Gasteiger partial charge in [0.25, 0.3) is 5.91 Å². The van der Waals surface area contributed by atoms with Crippen LogP contribution in [0.4, 0.5) is 5.69 Å². The number of aromatic hydroxyl groups is 1. The summed E-state index contributed by atoms with van der Waals surface area (Å²) in [6.07, 6.45) is 5.54. The lowest BCUT2D eigenvalue weighted by Gasteiger charge is -2.10. The summed E-state index contributed by atoms with van der Waals surface area (Å²) in [7, 11) is 1.90. The number of aryl methyl sites for hydroxylation is 2. The standard InChI is InChI=1S/C14H17N3O2/c1-10-4-5-12(11(2)14(10)19)15-13(18)8-17-7-6-16(3)9-17/h4-7,9H,8H2,1-3H3,(H-,15,18,19)/p+1. The second kappa shape index (κ2) is 5.14. The Balaban J connectivity index is 2.09. The maximum atomic E-state index is 11.9. The van der Waals surface area contributed by atoms with E-state index in [1.165, 1.54) is 0 Å². The second-order valence-corrected chi connectivity index (χ2v) is 4.70. The lowest BCUT2D eigenvalue weighted by atomic mass is 10.1. The van der Waals surface area contributed by atoms with E-state index in [4.69, 9.17) is 0 Å². The van der Waals surface area contributed by atoms with Gasteiger partial charge in [-0.25, -0.2) is 9.13 Å². The number of rotatable bonds is 3. The molecule has 0 unspecified atom stereocenters. The Morgan fingerprint density at radius 1 is 1.42 bits per heavy atom. The van der Waals surface area contributed by atoms with Crippen LogP contribution in [0.1, 0.15) is 11.1 Å². The van der Waals surface area contributed by atoms with Gasteiger partial charge in [0.1, 0.15) is 18.1 Å². The van der Waals surface area contributed by atoms with Gasteiger partial charge in [-0.05, 0) is 25.5 Å². The van der Waals surface area contributed by atoms with Gasteiger partial charge in [-0.15, -0.1) is 0 Å². The molecular weight excluding hydrogens is 242 g/mol. The van der Waals surface area contributed by atoms with E-state index in [0.29, 0.717) is 11.3 Å². The molecule has 0 saturated carbocycles. The second-order valence-electron chi connectivity index (χ2n) is 4.70. The molecule has 19 heavy (non-hydrogen) atoms. The number of carbonyl (C=O) groups excluding carboxylic acids is 1. The van der Waals surface area contributed by atoms with Crippen LogP contribution in [-0.2, 0) is 18.4 Å². The van der Waals surface area contributed by atoms with Crippen LogP contribution in [0.3, 0.4) is 0 Å². The highest BCUT2D eigenvalue weighted by atomic mass is 16.3. The lowest BCUT2D eigenvalue weighted by Crippen LogP contribution is -2.25. The van der Waals surface area contributed by atoms with E-state index in [-0.39, 0.29) is 18.2 Å². The third kappa shape index (κ3) is 2.93. The van der Waals surface area contributed by atoms with Crippen molar-refractivity contribution in [2.75, 3.05) is 5.32 Å².